The van der Waals surface area contributed by atoms with Gasteiger partial charge in [0.25, 0.3) is 0 Å². The Labute approximate surface area is 164 Å². The molecule has 1 aromatic rings. The molecule has 2 fully saturated rings. The summed E-state index contributed by atoms with van der Waals surface area (Å²) in [4.78, 5) is 28.8. The molecule has 0 aliphatic carbocycles. The summed E-state index contributed by atoms with van der Waals surface area (Å²) in [6, 6.07) is 5.50. The van der Waals surface area contributed by atoms with Gasteiger partial charge < -0.3 is 20.4 Å². The van der Waals surface area contributed by atoms with Crippen LogP contribution in [0.4, 0.5) is 10.1 Å². The first-order chi connectivity index (χ1) is 13.0. The highest BCUT2D eigenvalue weighted by molar-refractivity contribution is 7.80. The van der Waals surface area contributed by atoms with Crippen LogP contribution < -0.4 is 10.6 Å². The number of rotatable bonds is 4. The molecule has 0 radical (unpaired) electrons. The number of hydrogen-bond donors (Lipinski definition) is 2. The number of likely N-dealkylation sites (tertiary alicyclic amines) is 2. The van der Waals surface area contributed by atoms with Gasteiger partial charge in [0, 0.05) is 25.3 Å². The molecule has 6 nitrogen and oxygen atoms in total. The zero-order valence-electron chi connectivity index (χ0n) is 15.2. The van der Waals surface area contributed by atoms with Crippen LogP contribution in [0.25, 0.3) is 0 Å². The van der Waals surface area contributed by atoms with E-state index in [9.17, 15) is 14.0 Å². The number of benzene rings is 1. The number of amides is 2. The van der Waals surface area contributed by atoms with E-state index in [1.165, 1.54) is 12.1 Å². The molecule has 3 rings (SSSR count). The lowest BCUT2D eigenvalue weighted by molar-refractivity contribution is -0.140. The molecule has 0 bridgehead atoms. The van der Waals surface area contributed by atoms with E-state index < -0.39 is 6.04 Å². The number of carbonyl (C=O) groups excluding carboxylic acids is 2. The summed E-state index contributed by atoms with van der Waals surface area (Å²) >= 11 is 5.28. The van der Waals surface area contributed by atoms with Crippen molar-refractivity contribution in [1.29, 1.82) is 0 Å². The van der Waals surface area contributed by atoms with Crippen LogP contribution in [-0.2, 0) is 9.59 Å². The van der Waals surface area contributed by atoms with Gasteiger partial charge in [-0.2, -0.15) is 0 Å². The smallest absolute Gasteiger partial charge is 0.245 e. The van der Waals surface area contributed by atoms with Crippen LogP contribution in [0, 0.1) is 5.82 Å². The van der Waals surface area contributed by atoms with Crippen LogP contribution in [0.15, 0.2) is 24.3 Å². The van der Waals surface area contributed by atoms with Crippen molar-refractivity contribution in [2.24, 2.45) is 0 Å². The zero-order valence-corrected chi connectivity index (χ0v) is 16.1. The van der Waals surface area contributed by atoms with Crippen molar-refractivity contribution in [3.05, 3.63) is 30.1 Å². The van der Waals surface area contributed by atoms with Gasteiger partial charge in [-0.15, -0.1) is 0 Å². The Bertz CT molecular complexity index is 709. The lowest BCUT2D eigenvalue weighted by atomic mass is 10.1. The van der Waals surface area contributed by atoms with Gasteiger partial charge in [0.1, 0.15) is 11.9 Å². The summed E-state index contributed by atoms with van der Waals surface area (Å²) in [5.41, 5.74) is 0.523. The summed E-state index contributed by atoms with van der Waals surface area (Å²) in [5, 5.41) is 6.21. The maximum Gasteiger partial charge on any atom is 0.245 e. The minimum Gasteiger partial charge on any atom is -0.351 e. The predicted molar refractivity (Wildman–Crippen MR) is 106 cm³/mol. The second kappa shape index (κ2) is 9.12. The van der Waals surface area contributed by atoms with E-state index in [1.807, 2.05) is 4.90 Å². The highest BCUT2D eigenvalue weighted by Crippen LogP contribution is 2.15. The molecule has 2 heterocycles. The second-order valence-corrected chi connectivity index (χ2v) is 7.41. The lowest BCUT2D eigenvalue weighted by Gasteiger charge is -2.27. The van der Waals surface area contributed by atoms with Gasteiger partial charge in [-0.25, -0.2) is 4.39 Å². The van der Waals surface area contributed by atoms with Crippen molar-refractivity contribution in [3.63, 3.8) is 0 Å². The van der Waals surface area contributed by atoms with Crippen LogP contribution in [0.3, 0.4) is 0 Å². The zero-order chi connectivity index (χ0) is 19.2. The highest BCUT2D eigenvalue weighted by Gasteiger charge is 2.30. The quantitative estimate of drug-likeness (QED) is 0.769. The summed E-state index contributed by atoms with van der Waals surface area (Å²) in [5.74, 6) is -0.453. The number of thiocarbonyl (C=S) groups is 1. The van der Waals surface area contributed by atoms with Crippen molar-refractivity contribution in [2.45, 2.75) is 38.1 Å². The van der Waals surface area contributed by atoms with Crippen LogP contribution >= 0.6 is 12.2 Å². The maximum absolute atomic E-state index is 13.3. The minimum absolute atomic E-state index is 0.0157. The van der Waals surface area contributed by atoms with Gasteiger partial charge in [0.2, 0.25) is 11.8 Å². The Hall–Kier alpha value is -2.22. The Morgan fingerprint density at radius 2 is 1.93 bits per heavy atom. The van der Waals surface area contributed by atoms with Gasteiger partial charge in [0.15, 0.2) is 5.11 Å². The molecule has 1 aromatic carbocycles. The van der Waals surface area contributed by atoms with Gasteiger partial charge in [0.05, 0.1) is 6.54 Å². The summed E-state index contributed by atoms with van der Waals surface area (Å²) in [7, 11) is 0. The molecule has 1 unspecified atom stereocenters. The molecule has 0 saturated carbocycles. The van der Waals surface area contributed by atoms with Gasteiger partial charge in [-0.1, -0.05) is 6.07 Å². The molecule has 1 atom stereocenters. The molecule has 8 heteroatoms. The van der Waals surface area contributed by atoms with E-state index in [-0.39, 0.29) is 29.3 Å². The first-order valence-corrected chi connectivity index (χ1v) is 9.83. The third-order valence-corrected chi connectivity index (χ3v) is 5.17. The van der Waals surface area contributed by atoms with Crippen molar-refractivity contribution in [3.8, 4) is 0 Å². The standard InChI is InChI=1S/C19H25FN4O2S/c20-14-6-5-7-15(12-14)21-19(27)22-16-8-1-2-11-24(18(16)26)13-17(25)23-9-3-4-10-23/h5-7,12,16H,1-4,8-11,13H2,(H2,21,22,27). The average molecular weight is 393 g/mol. The van der Waals surface area contributed by atoms with Crippen LogP contribution in [-0.4, -0.2) is 58.9 Å². The van der Waals surface area contributed by atoms with Gasteiger partial charge >= 0.3 is 0 Å². The first-order valence-electron chi connectivity index (χ1n) is 9.42. The van der Waals surface area contributed by atoms with E-state index in [1.54, 1.807) is 17.0 Å². The Morgan fingerprint density at radius 1 is 1.19 bits per heavy atom. The van der Waals surface area contributed by atoms with Crippen LogP contribution in [0.5, 0.6) is 0 Å². The monoisotopic (exact) mass is 392 g/mol. The van der Waals surface area contributed by atoms with Gasteiger partial charge in [-0.05, 0) is 62.5 Å². The summed E-state index contributed by atoms with van der Waals surface area (Å²) in [6.45, 7) is 2.27. The van der Waals surface area contributed by atoms with Crippen LogP contribution in [0.2, 0.25) is 0 Å². The third-order valence-electron chi connectivity index (χ3n) is 4.95. The van der Waals surface area contributed by atoms with Crippen molar-refractivity contribution < 1.29 is 14.0 Å². The molecule has 27 heavy (non-hydrogen) atoms. The fourth-order valence-electron chi connectivity index (χ4n) is 3.52. The number of nitrogens with one attached hydrogen (secondary N) is 2. The average Bonchev–Trinajstić information content (AvgIpc) is 3.12. The lowest BCUT2D eigenvalue weighted by Crippen LogP contribution is -2.51. The van der Waals surface area contributed by atoms with Crippen molar-refractivity contribution in [1.82, 2.24) is 15.1 Å². The molecule has 2 saturated heterocycles. The SMILES string of the molecule is O=C(CN1CCCCC(NC(=S)Nc2cccc(F)c2)C1=O)N1CCCC1. The number of carbonyl (C=O) groups is 2. The third kappa shape index (κ3) is 5.38. The van der Waals surface area contributed by atoms with E-state index in [2.05, 4.69) is 10.6 Å². The van der Waals surface area contributed by atoms with E-state index in [0.29, 0.717) is 18.7 Å². The molecule has 0 aromatic heterocycles. The molecule has 2 N–H and O–H groups in total. The molecular weight excluding hydrogens is 367 g/mol. The second-order valence-electron chi connectivity index (χ2n) is 7.00. The molecular formula is C19H25FN4O2S. The number of nitrogens with zero attached hydrogens (tertiary/aromatic N) is 2. The number of anilines is 1. The Balaban J connectivity index is 1.57. The molecule has 2 aliphatic rings. The highest BCUT2D eigenvalue weighted by atomic mass is 32.1. The molecule has 0 spiro atoms. The van der Waals surface area contributed by atoms with E-state index in [0.717, 1.165) is 38.8 Å². The number of hydrogen-bond acceptors (Lipinski definition) is 3. The van der Waals surface area contributed by atoms with Crippen LogP contribution in [0.1, 0.15) is 32.1 Å². The first kappa shape index (κ1) is 19.5. The topological polar surface area (TPSA) is 64.7 Å². The van der Waals surface area contributed by atoms with E-state index >= 15 is 0 Å². The van der Waals surface area contributed by atoms with E-state index in [4.69, 9.17) is 12.2 Å². The fourth-order valence-corrected chi connectivity index (χ4v) is 3.78. The normalized spacial score (nSPS) is 20.3. The molecule has 146 valence electrons. The Morgan fingerprint density at radius 3 is 2.67 bits per heavy atom. The van der Waals surface area contributed by atoms with Gasteiger partial charge in [-0.3, -0.25) is 9.59 Å². The largest absolute Gasteiger partial charge is 0.351 e. The Kier molecular flexibility index (Phi) is 6.60. The molecule has 2 aliphatic heterocycles. The van der Waals surface area contributed by atoms with Crippen molar-refractivity contribution in [2.75, 3.05) is 31.5 Å². The maximum atomic E-state index is 13.3. The number of halogens is 1. The summed E-state index contributed by atoms with van der Waals surface area (Å²) < 4.78 is 13.3. The summed E-state index contributed by atoms with van der Waals surface area (Å²) in [6.07, 6.45) is 4.45. The van der Waals surface area contributed by atoms with Crippen molar-refractivity contribution >= 4 is 34.8 Å². The fraction of sp³-hybridized carbons (Fsp3) is 0.526. The predicted octanol–water partition coefficient (Wildman–Crippen LogP) is 2.12. The molecule has 2 amide bonds. The minimum atomic E-state index is -0.479.